The fourth-order valence-electron chi connectivity index (χ4n) is 2.48. The second-order valence-corrected chi connectivity index (χ2v) is 6.40. The molecule has 106 valence electrons. The summed E-state index contributed by atoms with van der Waals surface area (Å²) in [4.78, 5) is 14.5. The highest BCUT2D eigenvalue weighted by atomic mass is 32.1. The Morgan fingerprint density at radius 3 is 2.95 bits per heavy atom. The van der Waals surface area contributed by atoms with Crippen molar-refractivity contribution in [1.82, 2.24) is 4.90 Å². The summed E-state index contributed by atoms with van der Waals surface area (Å²) in [6.07, 6.45) is 1.82. The Labute approximate surface area is 119 Å². The van der Waals surface area contributed by atoms with Crippen LogP contribution in [0.25, 0.3) is 0 Å². The van der Waals surface area contributed by atoms with Gasteiger partial charge < -0.3 is 9.64 Å². The molecule has 0 aromatic carbocycles. The van der Waals surface area contributed by atoms with E-state index in [1.165, 1.54) is 5.56 Å². The van der Waals surface area contributed by atoms with Gasteiger partial charge >= 0.3 is 0 Å². The molecule has 0 aliphatic carbocycles. The van der Waals surface area contributed by atoms with Crippen LogP contribution in [0.3, 0.4) is 0 Å². The molecule has 1 fully saturated rings. The quantitative estimate of drug-likeness (QED) is 0.827. The van der Waals surface area contributed by atoms with Gasteiger partial charge in [0, 0.05) is 13.2 Å². The number of nitrogens with zero attached hydrogens (tertiary/aromatic N) is 1. The van der Waals surface area contributed by atoms with Gasteiger partial charge in [-0.15, -0.1) is 0 Å². The number of likely N-dealkylation sites (tertiary alicyclic amines) is 1. The molecule has 1 saturated heterocycles. The molecule has 1 aliphatic rings. The van der Waals surface area contributed by atoms with Crippen LogP contribution in [-0.2, 0) is 9.53 Å². The summed E-state index contributed by atoms with van der Waals surface area (Å²) in [7, 11) is 0. The molecule has 0 saturated carbocycles. The van der Waals surface area contributed by atoms with E-state index in [0.717, 1.165) is 19.4 Å². The molecule has 19 heavy (non-hydrogen) atoms. The minimum absolute atomic E-state index is 0.134. The second-order valence-electron chi connectivity index (χ2n) is 5.62. The Bertz CT molecular complexity index is 402. The highest BCUT2D eigenvalue weighted by Gasteiger charge is 2.32. The van der Waals surface area contributed by atoms with E-state index in [1.54, 1.807) is 11.3 Å². The summed E-state index contributed by atoms with van der Waals surface area (Å²) >= 11 is 1.69. The van der Waals surface area contributed by atoms with E-state index in [-0.39, 0.29) is 18.1 Å². The van der Waals surface area contributed by atoms with E-state index < -0.39 is 0 Å². The molecular weight excluding hydrogens is 258 g/mol. The Hall–Kier alpha value is -0.870. The molecular formula is C15H23NO2S. The molecule has 1 amide bonds. The van der Waals surface area contributed by atoms with Crippen LogP contribution in [0.5, 0.6) is 0 Å². The fraction of sp³-hybridized carbons (Fsp3) is 0.667. The maximum Gasteiger partial charge on any atom is 0.251 e. The third-order valence-electron chi connectivity index (χ3n) is 3.49. The number of carbonyl (C=O) groups excluding carboxylic acids is 1. The third kappa shape index (κ3) is 3.57. The van der Waals surface area contributed by atoms with Crippen LogP contribution in [0.1, 0.15) is 45.2 Å². The average Bonchev–Trinajstić information content (AvgIpc) is 3.03. The topological polar surface area (TPSA) is 29.5 Å². The largest absolute Gasteiger partial charge is 0.368 e. The number of hydrogen-bond acceptors (Lipinski definition) is 3. The number of carbonyl (C=O) groups is 1. The Morgan fingerprint density at radius 2 is 2.32 bits per heavy atom. The van der Waals surface area contributed by atoms with Crippen LogP contribution in [0.15, 0.2) is 16.8 Å². The van der Waals surface area contributed by atoms with Crippen molar-refractivity contribution in [1.29, 1.82) is 0 Å². The van der Waals surface area contributed by atoms with Crippen LogP contribution >= 0.6 is 11.3 Å². The van der Waals surface area contributed by atoms with Crippen LogP contribution in [0, 0.1) is 5.92 Å². The van der Waals surface area contributed by atoms with E-state index in [2.05, 4.69) is 30.7 Å². The van der Waals surface area contributed by atoms with Gasteiger partial charge in [0.25, 0.3) is 5.91 Å². The molecule has 2 rings (SSSR count). The maximum absolute atomic E-state index is 12.5. The second kappa shape index (κ2) is 6.53. The van der Waals surface area contributed by atoms with Crippen LogP contribution in [-0.4, -0.2) is 30.1 Å². The molecule has 2 heterocycles. The van der Waals surface area contributed by atoms with Gasteiger partial charge in [-0.1, -0.05) is 13.8 Å². The summed E-state index contributed by atoms with van der Waals surface area (Å²) in [5.41, 5.74) is 1.27. The molecule has 1 aromatic heterocycles. The monoisotopic (exact) mass is 281 g/mol. The van der Waals surface area contributed by atoms with E-state index in [9.17, 15) is 4.79 Å². The molecule has 0 bridgehead atoms. The normalized spacial score (nSPS) is 21.1. The lowest BCUT2D eigenvalue weighted by molar-refractivity contribution is -0.144. The fourth-order valence-corrected chi connectivity index (χ4v) is 3.19. The van der Waals surface area contributed by atoms with Gasteiger partial charge in [-0.2, -0.15) is 11.3 Å². The first-order valence-corrected chi connectivity index (χ1v) is 7.98. The van der Waals surface area contributed by atoms with E-state index in [0.29, 0.717) is 12.5 Å². The summed E-state index contributed by atoms with van der Waals surface area (Å²) in [6.45, 7) is 7.56. The molecule has 3 nitrogen and oxygen atoms in total. The van der Waals surface area contributed by atoms with Gasteiger partial charge in [0.1, 0.15) is 6.10 Å². The Morgan fingerprint density at radius 1 is 1.53 bits per heavy atom. The predicted octanol–water partition coefficient (Wildman–Crippen LogP) is 3.47. The third-order valence-corrected chi connectivity index (χ3v) is 4.19. The van der Waals surface area contributed by atoms with Crippen LogP contribution < -0.4 is 0 Å². The highest BCUT2D eigenvalue weighted by Crippen LogP contribution is 2.33. The van der Waals surface area contributed by atoms with Gasteiger partial charge in [-0.3, -0.25) is 4.79 Å². The molecule has 1 aromatic rings. The zero-order valence-corrected chi connectivity index (χ0v) is 12.8. The van der Waals surface area contributed by atoms with Gasteiger partial charge in [-0.05, 0) is 48.1 Å². The zero-order chi connectivity index (χ0) is 13.8. The van der Waals surface area contributed by atoms with Crippen molar-refractivity contribution < 1.29 is 9.53 Å². The lowest BCUT2D eigenvalue weighted by Crippen LogP contribution is -2.39. The van der Waals surface area contributed by atoms with Crippen molar-refractivity contribution in [3.8, 4) is 0 Å². The first-order valence-electron chi connectivity index (χ1n) is 7.03. The smallest absolute Gasteiger partial charge is 0.251 e. The van der Waals surface area contributed by atoms with Crippen molar-refractivity contribution in [3.05, 3.63) is 22.4 Å². The minimum Gasteiger partial charge on any atom is -0.368 e. The van der Waals surface area contributed by atoms with Gasteiger partial charge in [0.15, 0.2) is 0 Å². The van der Waals surface area contributed by atoms with Crippen molar-refractivity contribution in [2.45, 2.75) is 45.8 Å². The molecule has 2 atom stereocenters. The Balaban J connectivity index is 1.97. The number of ether oxygens (including phenoxy) is 1. The predicted molar refractivity (Wildman–Crippen MR) is 78.3 cm³/mol. The first-order chi connectivity index (χ1) is 9.09. The maximum atomic E-state index is 12.5. The van der Waals surface area contributed by atoms with E-state index in [1.807, 2.05) is 11.8 Å². The highest BCUT2D eigenvalue weighted by molar-refractivity contribution is 7.07. The number of thiophene rings is 1. The molecule has 4 heteroatoms. The van der Waals surface area contributed by atoms with Gasteiger partial charge in [0.2, 0.25) is 0 Å². The summed E-state index contributed by atoms with van der Waals surface area (Å²) in [5, 5.41) is 4.23. The summed E-state index contributed by atoms with van der Waals surface area (Å²) in [5.74, 6) is 0.593. The molecule has 0 unspecified atom stereocenters. The number of hydrogen-bond donors (Lipinski definition) is 0. The Kier molecular flexibility index (Phi) is 4.99. The number of amides is 1. The minimum atomic E-state index is -0.332. The lowest BCUT2D eigenvalue weighted by atomic mass is 10.1. The van der Waals surface area contributed by atoms with E-state index in [4.69, 9.17) is 4.74 Å². The summed E-state index contributed by atoms with van der Waals surface area (Å²) < 4.78 is 5.65. The van der Waals surface area contributed by atoms with Crippen molar-refractivity contribution >= 4 is 17.2 Å². The standard InChI is InChI=1S/C15H23NO2S/c1-11(2)9-18-12(3)15(17)16-7-4-5-14(16)13-6-8-19-10-13/h6,8,10-12,14H,4-5,7,9H2,1-3H3/t12-,14-/m0/s1. The molecule has 0 N–H and O–H groups in total. The zero-order valence-electron chi connectivity index (χ0n) is 12.0. The van der Waals surface area contributed by atoms with Gasteiger partial charge in [0.05, 0.1) is 6.04 Å². The van der Waals surface area contributed by atoms with Crippen LogP contribution in [0.2, 0.25) is 0 Å². The van der Waals surface area contributed by atoms with Crippen molar-refractivity contribution in [2.24, 2.45) is 5.92 Å². The molecule has 1 aliphatic heterocycles. The van der Waals surface area contributed by atoms with Crippen molar-refractivity contribution in [3.63, 3.8) is 0 Å². The first kappa shape index (κ1) is 14.5. The lowest BCUT2D eigenvalue weighted by Gasteiger charge is -2.27. The van der Waals surface area contributed by atoms with Crippen LogP contribution in [0.4, 0.5) is 0 Å². The molecule has 0 spiro atoms. The average molecular weight is 281 g/mol. The molecule has 0 radical (unpaired) electrons. The number of rotatable bonds is 5. The summed E-state index contributed by atoms with van der Waals surface area (Å²) in [6, 6.07) is 2.38. The van der Waals surface area contributed by atoms with E-state index >= 15 is 0 Å². The SMILES string of the molecule is CC(C)CO[C@@H](C)C(=O)N1CCC[C@H]1c1ccsc1. The van der Waals surface area contributed by atoms with Crippen molar-refractivity contribution in [2.75, 3.05) is 13.2 Å². The van der Waals surface area contributed by atoms with Gasteiger partial charge in [-0.25, -0.2) is 0 Å².